The van der Waals surface area contributed by atoms with Gasteiger partial charge in [-0.25, -0.2) is 0 Å². The van der Waals surface area contributed by atoms with Gasteiger partial charge in [0, 0.05) is 18.4 Å². The van der Waals surface area contributed by atoms with Crippen LogP contribution >= 0.6 is 0 Å². The van der Waals surface area contributed by atoms with Gasteiger partial charge in [0.1, 0.15) is 12.4 Å². The van der Waals surface area contributed by atoms with Gasteiger partial charge in [-0.15, -0.1) is 0 Å². The van der Waals surface area contributed by atoms with Crippen molar-refractivity contribution in [3.05, 3.63) is 18.2 Å². The molecule has 0 fully saturated rings. The lowest BCUT2D eigenvalue weighted by atomic mass is 10.1. The van der Waals surface area contributed by atoms with E-state index in [1.165, 1.54) is 0 Å². The van der Waals surface area contributed by atoms with Crippen LogP contribution in [-0.2, 0) is 0 Å². The van der Waals surface area contributed by atoms with Crippen molar-refractivity contribution < 1.29 is 9.84 Å². The summed E-state index contributed by atoms with van der Waals surface area (Å²) in [6.07, 6.45) is 0.698. The maximum absolute atomic E-state index is 8.80. The first-order valence-electron chi connectivity index (χ1n) is 4.69. The number of nitrogens with one attached hydrogen (secondary N) is 1. The van der Waals surface area contributed by atoms with Crippen LogP contribution in [0.25, 0.3) is 0 Å². The summed E-state index contributed by atoms with van der Waals surface area (Å²) in [7, 11) is 0. The fourth-order valence-electron chi connectivity index (χ4n) is 1.54. The molecule has 0 aliphatic carbocycles. The van der Waals surface area contributed by atoms with Gasteiger partial charge in [0.05, 0.1) is 11.7 Å². The van der Waals surface area contributed by atoms with Crippen LogP contribution in [0.5, 0.6) is 5.75 Å². The Bertz CT molecular complexity index is 328. The predicted octanol–water partition coefficient (Wildman–Crippen LogP) is 0.824. The fraction of sp³-hybridized carbons (Fsp3) is 0.400. The molecular formula is C10H14N2O2. The van der Waals surface area contributed by atoms with Gasteiger partial charge in [-0.2, -0.15) is 0 Å². The summed E-state index contributed by atoms with van der Waals surface area (Å²) in [6.45, 7) is 0.752. The Hall–Kier alpha value is -1.42. The highest BCUT2D eigenvalue weighted by Crippen LogP contribution is 2.31. The molecule has 1 atom stereocenters. The Kier molecular flexibility index (Phi) is 2.45. The lowest BCUT2D eigenvalue weighted by Gasteiger charge is -2.27. The number of rotatable bonds is 2. The molecule has 1 unspecified atom stereocenters. The van der Waals surface area contributed by atoms with E-state index in [4.69, 9.17) is 15.6 Å². The molecule has 76 valence electrons. The molecule has 0 radical (unpaired) electrons. The first-order chi connectivity index (χ1) is 6.79. The molecule has 4 N–H and O–H groups in total. The number of nitrogens with two attached hydrogens (primary N) is 1. The highest BCUT2D eigenvalue weighted by Gasteiger charge is 2.17. The number of aliphatic hydroxyl groups is 1. The van der Waals surface area contributed by atoms with E-state index in [0.29, 0.717) is 18.7 Å². The van der Waals surface area contributed by atoms with Crippen molar-refractivity contribution in [3.8, 4) is 5.75 Å². The van der Waals surface area contributed by atoms with E-state index in [1.807, 2.05) is 12.1 Å². The number of ether oxygens (including phenoxy) is 1. The summed E-state index contributed by atoms with van der Waals surface area (Å²) in [5, 5.41) is 12.1. The van der Waals surface area contributed by atoms with Crippen molar-refractivity contribution in [1.82, 2.24) is 0 Å². The third-order valence-electron chi connectivity index (χ3n) is 2.28. The maximum Gasteiger partial charge on any atom is 0.144 e. The molecule has 2 rings (SSSR count). The van der Waals surface area contributed by atoms with Crippen molar-refractivity contribution in [2.45, 2.75) is 12.5 Å². The van der Waals surface area contributed by atoms with Crippen LogP contribution in [-0.4, -0.2) is 24.4 Å². The second-order valence-corrected chi connectivity index (χ2v) is 3.42. The summed E-state index contributed by atoms with van der Waals surface area (Å²) in [6, 6.07) is 5.72. The normalized spacial score (nSPS) is 19.4. The molecule has 1 aromatic rings. The number of hydrogen-bond donors (Lipinski definition) is 3. The zero-order valence-electron chi connectivity index (χ0n) is 7.86. The molecule has 0 spiro atoms. The summed E-state index contributed by atoms with van der Waals surface area (Å²) in [5.74, 6) is 0.791. The van der Waals surface area contributed by atoms with Crippen molar-refractivity contribution in [2.24, 2.45) is 0 Å². The van der Waals surface area contributed by atoms with E-state index in [0.717, 1.165) is 11.4 Å². The van der Waals surface area contributed by atoms with Crippen molar-refractivity contribution in [2.75, 3.05) is 24.3 Å². The monoisotopic (exact) mass is 194 g/mol. The van der Waals surface area contributed by atoms with Gasteiger partial charge in [-0.05, 0) is 18.6 Å². The molecular weight excluding hydrogens is 180 g/mol. The molecule has 4 heteroatoms. The van der Waals surface area contributed by atoms with Gasteiger partial charge in [-0.1, -0.05) is 0 Å². The van der Waals surface area contributed by atoms with E-state index in [-0.39, 0.29) is 12.6 Å². The topological polar surface area (TPSA) is 67.5 Å². The lowest BCUT2D eigenvalue weighted by Crippen LogP contribution is -2.32. The Morgan fingerprint density at radius 1 is 1.57 bits per heavy atom. The van der Waals surface area contributed by atoms with E-state index in [9.17, 15) is 0 Å². The van der Waals surface area contributed by atoms with Crippen LogP contribution < -0.4 is 15.8 Å². The summed E-state index contributed by atoms with van der Waals surface area (Å²) in [4.78, 5) is 0. The number of nitrogen functional groups attached to an aromatic ring is 1. The van der Waals surface area contributed by atoms with Gasteiger partial charge < -0.3 is 20.9 Å². The number of fused-ring (bicyclic) bond motifs is 1. The minimum atomic E-state index is 0.172. The van der Waals surface area contributed by atoms with E-state index in [2.05, 4.69) is 5.32 Å². The predicted molar refractivity (Wildman–Crippen MR) is 55.5 cm³/mol. The van der Waals surface area contributed by atoms with Crippen LogP contribution in [0.15, 0.2) is 18.2 Å². The average molecular weight is 194 g/mol. The third kappa shape index (κ3) is 1.75. The van der Waals surface area contributed by atoms with Crippen LogP contribution in [0.3, 0.4) is 0 Å². The second kappa shape index (κ2) is 3.75. The van der Waals surface area contributed by atoms with Gasteiger partial charge in [0.15, 0.2) is 0 Å². The first kappa shape index (κ1) is 9.15. The van der Waals surface area contributed by atoms with E-state index in [1.54, 1.807) is 6.07 Å². The van der Waals surface area contributed by atoms with E-state index >= 15 is 0 Å². The molecule has 1 heterocycles. The highest BCUT2D eigenvalue weighted by atomic mass is 16.5. The summed E-state index contributed by atoms with van der Waals surface area (Å²) in [5.41, 5.74) is 7.28. The number of benzene rings is 1. The fourth-order valence-corrected chi connectivity index (χ4v) is 1.54. The number of aliphatic hydroxyl groups excluding tert-OH is 1. The van der Waals surface area contributed by atoms with Crippen molar-refractivity contribution in [1.29, 1.82) is 0 Å². The van der Waals surface area contributed by atoms with E-state index < -0.39 is 0 Å². The largest absolute Gasteiger partial charge is 0.489 e. The number of anilines is 2. The van der Waals surface area contributed by atoms with Crippen molar-refractivity contribution in [3.63, 3.8) is 0 Å². The molecule has 0 amide bonds. The zero-order chi connectivity index (χ0) is 9.97. The molecule has 1 aromatic carbocycles. The highest BCUT2D eigenvalue weighted by molar-refractivity contribution is 5.63. The van der Waals surface area contributed by atoms with Gasteiger partial charge in [-0.3, -0.25) is 0 Å². The van der Waals surface area contributed by atoms with Crippen LogP contribution in [0.4, 0.5) is 11.4 Å². The molecule has 4 nitrogen and oxygen atoms in total. The zero-order valence-corrected chi connectivity index (χ0v) is 7.86. The smallest absolute Gasteiger partial charge is 0.144 e. The van der Waals surface area contributed by atoms with Crippen LogP contribution in [0.1, 0.15) is 6.42 Å². The van der Waals surface area contributed by atoms with Gasteiger partial charge >= 0.3 is 0 Å². The van der Waals surface area contributed by atoms with Crippen molar-refractivity contribution >= 4 is 11.4 Å². The van der Waals surface area contributed by atoms with Crippen LogP contribution in [0, 0.1) is 0 Å². The SMILES string of the molecule is Nc1ccc2c(c1)OCC(CCO)N2. The standard InChI is InChI=1S/C10H14N2O2/c11-7-1-2-9-10(5-7)14-6-8(12-9)3-4-13/h1-2,5,8,12-13H,3-4,6,11H2. The molecule has 14 heavy (non-hydrogen) atoms. The average Bonchev–Trinajstić information content (AvgIpc) is 2.19. The molecule has 0 bridgehead atoms. The summed E-state index contributed by atoms with van der Waals surface area (Å²) < 4.78 is 5.52. The molecule has 0 saturated carbocycles. The Morgan fingerprint density at radius 3 is 3.21 bits per heavy atom. The minimum Gasteiger partial charge on any atom is -0.489 e. The molecule has 0 aromatic heterocycles. The Morgan fingerprint density at radius 2 is 2.43 bits per heavy atom. The minimum absolute atomic E-state index is 0.172. The molecule has 1 aliphatic rings. The maximum atomic E-state index is 8.80. The van der Waals surface area contributed by atoms with Gasteiger partial charge in [0.25, 0.3) is 0 Å². The van der Waals surface area contributed by atoms with Crippen LogP contribution in [0.2, 0.25) is 0 Å². The molecule has 1 aliphatic heterocycles. The molecule has 0 saturated heterocycles. The lowest BCUT2D eigenvalue weighted by molar-refractivity contribution is 0.233. The first-order valence-corrected chi connectivity index (χ1v) is 4.69. The summed E-state index contributed by atoms with van der Waals surface area (Å²) >= 11 is 0. The Labute approximate surface area is 82.7 Å². The Balaban J connectivity index is 2.15. The number of hydrogen-bond acceptors (Lipinski definition) is 4. The van der Waals surface area contributed by atoms with Gasteiger partial charge in [0.2, 0.25) is 0 Å². The quantitative estimate of drug-likeness (QED) is 0.610. The second-order valence-electron chi connectivity index (χ2n) is 3.42. The third-order valence-corrected chi connectivity index (χ3v) is 2.28.